The van der Waals surface area contributed by atoms with Crippen LogP contribution in [0.2, 0.25) is 0 Å². The summed E-state index contributed by atoms with van der Waals surface area (Å²) in [5, 5.41) is 14.8. The molecule has 12 saturated carbocycles. The van der Waals surface area contributed by atoms with Gasteiger partial charge in [0.2, 0.25) is 0 Å². The molecule has 24 aromatic rings. The topological polar surface area (TPSA) is 54.2 Å². The average Bonchev–Trinajstić information content (AvgIpc) is 1.51. The maximum Gasteiger partial charge on any atom is 0.136 e. The molecule has 6 heteroatoms. The van der Waals surface area contributed by atoms with E-state index >= 15 is 0 Å². The summed E-state index contributed by atoms with van der Waals surface area (Å²) in [7, 11) is 0. The first-order valence-corrected chi connectivity index (χ1v) is 53.8. The molecule has 15 aliphatic carbocycles. The van der Waals surface area contributed by atoms with E-state index in [1.165, 1.54) is 278 Å². The number of hydrogen-bond acceptors (Lipinski definition) is 3. The number of rotatable bonds is 6. The summed E-state index contributed by atoms with van der Waals surface area (Å²) in [5.41, 5.74) is 43.3. The molecule has 690 valence electrons. The highest BCUT2D eigenvalue weighted by molar-refractivity contribution is 6.19. The fraction of sp³-hybridized carbons (Fsp3) is 0.217. The van der Waals surface area contributed by atoms with Gasteiger partial charge in [0.15, 0.2) is 0 Å². The van der Waals surface area contributed by atoms with Crippen LogP contribution in [0.25, 0.3) is 215 Å². The molecule has 0 aliphatic heterocycles. The van der Waals surface area contributed by atoms with E-state index in [4.69, 9.17) is 13.3 Å². The minimum absolute atomic E-state index is 0.196. The zero-order chi connectivity index (χ0) is 93.4. The van der Waals surface area contributed by atoms with Crippen molar-refractivity contribution in [3.63, 3.8) is 0 Å². The Kier molecular flexibility index (Phi) is 16.5. The maximum absolute atomic E-state index is 6.34. The van der Waals surface area contributed by atoms with Crippen LogP contribution in [0.5, 0.6) is 0 Å². The molecule has 144 heavy (non-hydrogen) atoms. The number of nitrogens with zero attached hydrogens (tertiary/aromatic N) is 3. The zero-order valence-electron chi connectivity index (χ0n) is 80.5. The largest absolute Gasteiger partial charge is 0.456 e. The van der Waals surface area contributed by atoms with Gasteiger partial charge in [-0.1, -0.05) is 249 Å². The molecule has 39 rings (SSSR count). The molecule has 0 unspecified atom stereocenters. The van der Waals surface area contributed by atoms with Gasteiger partial charge in [-0.2, -0.15) is 0 Å². The van der Waals surface area contributed by atoms with Crippen molar-refractivity contribution in [3.05, 3.63) is 416 Å². The second-order valence-electron chi connectivity index (χ2n) is 46.0. The average molecular weight is 1850 g/mol. The Morgan fingerprint density at radius 3 is 0.958 bits per heavy atom. The molecule has 12 fully saturated rings. The van der Waals surface area contributed by atoms with Crippen molar-refractivity contribution in [1.29, 1.82) is 0 Å². The first-order valence-electron chi connectivity index (χ1n) is 53.8. The highest BCUT2D eigenvalue weighted by atomic mass is 16.3. The molecule has 3 spiro atoms. The summed E-state index contributed by atoms with van der Waals surface area (Å²) in [4.78, 5) is 0. The van der Waals surface area contributed by atoms with E-state index in [0.29, 0.717) is 0 Å². The van der Waals surface area contributed by atoms with Gasteiger partial charge in [0.05, 0.1) is 33.1 Å². The smallest absolute Gasteiger partial charge is 0.136 e. The van der Waals surface area contributed by atoms with Gasteiger partial charge in [0, 0.05) is 97.9 Å². The van der Waals surface area contributed by atoms with E-state index in [-0.39, 0.29) is 16.2 Å². The van der Waals surface area contributed by atoms with Crippen molar-refractivity contribution in [2.75, 3.05) is 0 Å². The van der Waals surface area contributed by atoms with Crippen LogP contribution in [-0.4, -0.2) is 13.7 Å². The number of fused-ring (bicyclic) bond motifs is 27. The van der Waals surface area contributed by atoms with E-state index in [1.807, 2.05) is 18.2 Å². The number of furan rings is 3. The Morgan fingerprint density at radius 1 is 0.167 bits per heavy atom. The highest BCUT2D eigenvalue weighted by Crippen LogP contribution is 2.74. The summed E-state index contributed by atoms with van der Waals surface area (Å²) in [5.74, 6) is 10.4. The Hall–Kier alpha value is -15.2. The molecule has 15 aliphatic rings. The lowest BCUT2D eigenvalue weighted by atomic mass is 9.43. The quantitative estimate of drug-likeness (QED) is 0.167. The van der Waals surface area contributed by atoms with Crippen molar-refractivity contribution >= 4 is 131 Å². The van der Waals surface area contributed by atoms with Gasteiger partial charge in [-0.05, 0) is 401 Å². The van der Waals surface area contributed by atoms with Crippen molar-refractivity contribution in [2.45, 2.75) is 113 Å². The first-order chi connectivity index (χ1) is 71.2. The van der Waals surface area contributed by atoms with E-state index in [1.54, 1.807) is 33.4 Å². The molecular formula is C138H105N3O3. The van der Waals surface area contributed by atoms with Gasteiger partial charge in [-0.15, -0.1) is 0 Å². The predicted molar refractivity (Wildman–Crippen MR) is 590 cm³/mol. The Balaban J connectivity index is 0.0000000932. The van der Waals surface area contributed by atoms with Gasteiger partial charge in [-0.3, -0.25) is 0 Å². The number of benzene rings is 18. The minimum Gasteiger partial charge on any atom is -0.456 e. The van der Waals surface area contributed by atoms with Gasteiger partial charge in [-0.25, -0.2) is 0 Å². The van der Waals surface area contributed by atoms with E-state index in [2.05, 4.69) is 378 Å². The van der Waals surface area contributed by atoms with Crippen LogP contribution in [0.15, 0.2) is 395 Å². The van der Waals surface area contributed by atoms with Gasteiger partial charge >= 0.3 is 0 Å². The third kappa shape index (κ3) is 10.8. The Labute approximate surface area is 835 Å². The first kappa shape index (κ1) is 80.3. The predicted octanol–water partition coefficient (Wildman–Crippen LogP) is 36.2. The molecule has 0 radical (unpaired) electrons. The molecule has 0 N–H and O–H groups in total. The van der Waals surface area contributed by atoms with Crippen LogP contribution in [0.4, 0.5) is 0 Å². The summed E-state index contributed by atoms with van der Waals surface area (Å²) >= 11 is 0. The minimum atomic E-state index is 0.196. The van der Waals surface area contributed by atoms with Crippen molar-refractivity contribution in [3.8, 4) is 83.8 Å². The summed E-state index contributed by atoms with van der Waals surface area (Å²) in [6.07, 6.45) is 21.5. The van der Waals surface area contributed by atoms with E-state index in [9.17, 15) is 0 Å². The monoisotopic (exact) mass is 1850 g/mol. The second kappa shape index (κ2) is 29.5. The second-order valence-corrected chi connectivity index (χ2v) is 46.0. The molecular weight excluding hydrogens is 1750 g/mol. The lowest BCUT2D eigenvalue weighted by molar-refractivity contribution is -0.0399. The van der Waals surface area contributed by atoms with Gasteiger partial charge < -0.3 is 27.0 Å². The third-order valence-electron chi connectivity index (χ3n) is 39.5. The van der Waals surface area contributed by atoms with Crippen LogP contribution in [-0.2, 0) is 16.2 Å². The summed E-state index contributed by atoms with van der Waals surface area (Å²) in [6, 6.07) is 144. The molecule has 0 saturated heterocycles. The molecule has 12 bridgehead atoms. The Morgan fingerprint density at radius 2 is 0.465 bits per heavy atom. The fourth-order valence-electron chi connectivity index (χ4n) is 35.1. The van der Waals surface area contributed by atoms with E-state index < -0.39 is 0 Å². The maximum atomic E-state index is 6.34. The summed E-state index contributed by atoms with van der Waals surface area (Å²) in [6.45, 7) is 0. The van der Waals surface area contributed by atoms with Crippen LogP contribution >= 0.6 is 0 Å². The lowest BCUT2D eigenvalue weighted by Gasteiger charge is -2.61. The summed E-state index contributed by atoms with van der Waals surface area (Å²) < 4.78 is 26.3. The zero-order valence-corrected chi connectivity index (χ0v) is 80.5. The molecule has 0 atom stereocenters. The number of aromatic nitrogens is 3. The van der Waals surface area contributed by atoms with Crippen LogP contribution in [0.3, 0.4) is 0 Å². The number of para-hydroxylation sites is 6. The van der Waals surface area contributed by atoms with Crippen LogP contribution < -0.4 is 0 Å². The third-order valence-corrected chi connectivity index (χ3v) is 39.5. The van der Waals surface area contributed by atoms with Gasteiger partial charge in [0.25, 0.3) is 0 Å². The van der Waals surface area contributed by atoms with Crippen molar-refractivity contribution in [1.82, 2.24) is 13.7 Å². The Bertz CT molecular complexity index is 9620. The number of hydrogen-bond donors (Lipinski definition) is 0. The highest BCUT2D eigenvalue weighted by Gasteiger charge is 2.65. The lowest BCUT2D eigenvalue weighted by Crippen LogP contribution is -2.55. The van der Waals surface area contributed by atoms with E-state index in [0.717, 1.165) is 105 Å². The standard InChI is InChI=1S/3C46H35NO/c1-4-12-39-34(8-1)38-26-32(17-19-40(38)46(39)30-21-27-20-28(23-30)24-31(46)22-27)47-41-13-5-2-10-37(41)45-33(11-7-14-42(45)47)29-16-18-36-35-9-3-6-15-43(35)48-44(36)25-29;1-4-12-39-34(8-1)37-26-32(17-18-40(37)46(39)30-21-27-20-28(23-30)24-31(46)22-27)47-41-13-5-2-9-35(41)38-25-29(16-19-42(38)47)33-11-7-15-44-45(33)36-10-3-6-14-43(36)48-44;1-4-10-40-34(7-1)37-26-33(15-16-41(37)46(40)31-20-27-19-28(22-31)23-32(46)21-27)47-42-11-5-2-8-35(42)38-24-29(13-17-43(38)47)30-14-18-45-39(25-30)36-9-3-6-12-44(36)48-45/h2*1-19,25-28,30-31H,20-24H2;1-18,24-28,31-32H,19-23H2. The fourth-order valence-corrected chi connectivity index (χ4v) is 35.1. The van der Waals surface area contributed by atoms with Crippen molar-refractivity contribution in [2.24, 2.45) is 71.0 Å². The van der Waals surface area contributed by atoms with Gasteiger partial charge in [0.1, 0.15) is 33.5 Å². The van der Waals surface area contributed by atoms with Crippen LogP contribution in [0, 0.1) is 71.0 Å². The normalized spacial score (nSPS) is 25.2. The molecule has 6 nitrogen and oxygen atoms in total. The SMILES string of the molecule is c1ccc2c(c1)-c1cc(-n3c4ccccc4c4c(-c5ccc6c(c5)oc5ccccc56)cccc43)ccc1C21C2CC3CC(C2)CC1C3.c1ccc2c(c1)-c1cc(-n3c4ccccc4c4cc(-c5ccc6oc7ccccc7c6c5)ccc43)ccc1C21C2CC3CC(C2)CC1C3.c1ccc2c(c1)-c1cc(-n3c4ccccc4c4cc(-c5cccc6oc7ccccc7c56)ccc43)ccc1C21C2CC3CC(C2)CC1C3. The molecule has 18 aromatic carbocycles. The molecule has 6 heterocycles. The molecule has 6 aromatic heterocycles. The van der Waals surface area contributed by atoms with Crippen molar-refractivity contribution < 1.29 is 13.3 Å². The van der Waals surface area contributed by atoms with Crippen LogP contribution in [0.1, 0.15) is 130 Å². The molecule has 0 amide bonds.